The third-order valence-electron chi connectivity index (χ3n) is 2.44. The van der Waals surface area contributed by atoms with E-state index in [2.05, 4.69) is 10.6 Å². The van der Waals surface area contributed by atoms with Gasteiger partial charge in [0.05, 0.1) is 11.5 Å². The second-order valence-electron chi connectivity index (χ2n) is 4.69. The summed E-state index contributed by atoms with van der Waals surface area (Å²) in [5, 5.41) is 15.7. The molecular weight excluding hydrogens is 262 g/mol. The van der Waals surface area contributed by atoms with Gasteiger partial charge in [-0.3, -0.25) is 19.7 Å². The van der Waals surface area contributed by atoms with Crippen molar-refractivity contribution in [2.45, 2.75) is 13.8 Å². The van der Waals surface area contributed by atoms with Crippen molar-refractivity contribution in [2.24, 2.45) is 5.92 Å². The van der Waals surface area contributed by atoms with Crippen molar-refractivity contribution in [2.75, 3.05) is 13.1 Å². The van der Waals surface area contributed by atoms with Crippen LogP contribution in [0.5, 0.6) is 0 Å². The molecule has 0 aliphatic rings. The number of carbonyl (C=O) groups is 2. The summed E-state index contributed by atoms with van der Waals surface area (Å²) in [7, 11) is 0. The molecule has 0 saturated carbocycles. The van der Waals surface area contributed by atoms with E-state index in [1.807, 2.05) is 13.8 Å². The van der Waals surface area contributed by atoms with E-state index < -0.39 is 10.8 Å². The first-order chi connectivity index (χ1) is 9.40. The lowest BCUT2D eigenvalue weighted by Crippen LogP contribution is -2.38. The van der Waals surface area contributed by atoms with E-state index >= 15 is 0 Å². The molecule has 1 aromatic rings. The maximum Gasteiger partial charge on any atom is 0.270 e. The number of amides is 2. The highest BCUT2D eigenvalue weighted by Crippen LogP contribution is 2.12. The number of hydrogen-bond acceptors (Lipinski definition) is 4. The largest absolute Gasteiger partial charge is 0.354 e. The smallest absolute Gasteiger partial charge is 0.270 e. The van der Waals surface area contributed by atoms with Crippen LogP contribution in [0.15, 0.2) is 24.3 Å². The molecule has 0 aliphatic heterocycles. The van der Waals surface area contributed by atoms with Gasteiger partial charge in [-0.15, -0.1) is 0 Å². The van der Waals surface area contributed by atoms with Crippen LogP contribution in [0.3, 0.4) is 0 Å². The molecule has 0 fully saturated rings. The van der Waals surface area contributed by atoms with Crippen LogP contribution in [0, 0.1) is 16.0 Å². The van der Waals surface area contributed by atoms with Gasteiger partial charge in [-0.25, -0.2) is 0 Å². The fourth-order valence-corrected chi connectivity index (χ4v) is 1.40. The number of non-ortho nitro benzene ring substituents is 1. The molecule has 1 rings (SSSR count). The lowest BCUT2D eigenvalue weighted by atomic mass is 10.2. The molecule has 0 atom stereocenters. The SMILES string of the molecule is CC(C)CNC(=O)CNC(=O)c1cccc([N+](=O)[O-])c1. The zero-order valence-corrected chi connectivity index (χ0v) is 11.4. The molecule has 0 unspecified atom stereocenters. The molecule has 0 saturated heterocycles. The van der Waals surface area contributed by atoms with Crippen LogP contribution in [0.1, 0.15) is 24.2 Å². The zero-order chi connectivity index (χ0) is 15.1. The van der Waals surface area contributed by atoms with Crippen LogP contribution in [0.25, 0.3) is 0 Å². The number of nitro groups is 1. The number of nitrogens with zero attached hydrogens (tertiary/aromatic N) is 1. The fourth-order valence-electron chi connectivity index (χ4n) is 1.40. The van der Waals surface area contributed by atoms with E-state index in [1.54, 1.807) is 0 Å². The minimum absolute atomic E-state index is 0.149. The number of benzene rings is 1. The van der Waals surface area contributed by atoms with Crippen molar-refractivity contribution in [3.63, 3.8) is 0 Å². The Balaban J connectivity index is 2.53. The van der Waals surface area contributed by atoms with E-state index in [0.717, 1.165) is 0 Å². The molecule has 0 heterocycles. The van der Waals surface area contributed by atoms with Crippen LogP contribution in [-0.2, 0) is 4.79 Å². The lowest BCUT2D eigenvalue weighted by molar-refractivity contribution is -0.384. The molecule has 0 aliphatic carbocycles. The average molecular weight is 279 g/mol. The first-order valence-corrected chi connectivity index (χ1v) is 6.19. The van der Waals surface area contributed by atoms with Gasteiger partial charge in [0, 0.05) is 24.2 Å². The Hall–Kier alpha value is -2.44. The van der Waals surface area contributed by atoms with Gasteiger partial charge in [0.1, 0.15) is 0 Å². The fraction of sp³-hybridized carbons (Fsp3) is 0.385. The van der Waals surface area contributed by atoms with Crippen molar-refractivity contribution in [3.05, 3.63) is 39.9 Å². The van der Waals surface area contributed by atoms with Crippen LogP contribution in [0.4, 0.5) is 5.69 Å². The lowest BCUT2D eigenvalue weighted by Gasteiger charge is -2.08. The maximum absolute atomic E-state index is 11.7. The molecular formula is C13H17N3O4. The minimum Gasteiger partial charge on any atom is -0.354 e. The van der Waals surface area contributed by atoms with Crippen LogP contribution < -0.4 is 10.6 Å². The van der Waals surface area contributed by atoms with Gasteiger partial charge < -0.3 is 10.6 Å². The molecule has 0 bridgehead atoms. The molecule has 2 N–H and O–H groups in total. The topological polar surface area (TPSA) is 101 Å². The number of nitrogens with one attached hydrogen (secondary N) is 2. The van der Waals surface area contributed by atoms with E-state index in [-0.39, 0.29) is 23.7 Å². The molecule has 0 aromatic heterocycles. The summed E-state index contributed by atoms with van der Waals surface area (Å²) < 4.78 is 0. The van der Waals surface area contributed by atoms with E-state index in [9.17, 15) is 19.7 Å². The molecule has 7 nitrogen and oxygen atoms in total. The average Bonchev–Trinajstić information content (AvgIpc) is 2.42. The summed E-state index contributed by atoms with van der Waals surface area (Å²) >= 11 is 0. The van der Waals surface area contributed by atoms with Crippen molar-refractivity contribution < 1.29 is 14.5 Å². The number of carbonyl (C=O) groups excluding carboxylic acids is 2. The van der Waals surface area contributed by atoms with Gasteiger partial charge in [0.25, 0.3) is 11.6 Å². The van der Waals surface area contributed by atoms with Crippen LogP contribution in [-0.4, -0.2) is 29.8 Å². The molecule has 0 radical (unpaired) electrons. The Kier molecular flexibility index (Phi) is 5.64. The molecule has 108 valence electrons. The Morgan fingerprint density at radius 2 is 2.00 bits per heavy atom. The monoisotopic (exact) mass is 279 g/mol. The van der Waals surface area contributed by atoms with E-state index in [0.29, 0.717) is 12.5 Å². The first-order valence-electron chi connectivity index (χ1n) is 6.19. The number of nitro benzene ring substituents is 1. The van der Waals surface area contributed by atoms with Gasteiger partial charge in [-0.1, -0.05) is 19.9 Å². The third kappa shape index (κ3) is 5.05. The third-order valence-corrected chi connectivity index (χ3v) is 2.44. The molecule has 7 heteroatoms. The zero-order valence-electron chi connectivity index (χ0n) is 11.4. The summed E-state index contributed by atoms with van der Waals surface area (Å²) in [6.07, 6.45) is 0. The van der Waals surface area contributed by atoms with Crippen molar-refractivity contribution in [1.82, 2.24) is 10.6 Å². The Morgan fingerprint density at radius 3 is 2.60 bits per heavy atom. The summed E-state index contributed by atoms with van der Waals surface area (Å²) in [6, 6.07) is 5.34. The van der Waals surface area contributed by atoms with Crippen molar-refractivity contribution in [1.29, 1.82) is 0 Å². The quantitative estimate of drug-likeness (QED) is 0.601. The Morgan fingerprint density at radius 1 is 1.30 bits per heavy atom. The number of rotatable bonds is 6. The van der Waals surface area contributed by atoms with Gasteiger partial charge in [0.15, 0.2) is 0 Å². The minimum atomic E-state index is -0.577. The van der Waals surface area contributed by atoms with Crippen LogP contribution in [0.2, 0.25) is 0 Å². The second kappa shape index (κ2) is 7.22. The summed E-state index contributed by atoms with van der Waals surface area (Å²) in [5.74, 6) is -0.489. The Labute approximate surface area is 116 Å². The first kappa shape index (κ1) is 15.6. The highest BCUT2D eigenvalue weighted by atomic mass is 16.6. The highest BCUT2D eigenvalue weighted by Gasteiger charge is 2.12. The van der Waals surface area contributed by atoms with Gasteiger partial charge in [-0.05, 0) is 12.0 Å². The van der Waals surface area contributed by atoms with Gasteiger partial charge in [0.2, 0.25) is 5.91 Å². The molecule has 0 spiro atoms. The normalized spacial score (nSPS) is 10.2. The molecule has 1 aromatic carbocycles. The summed E-state index contributed by atoms with van der Waals surface area (Å²) in [6.45, 7) is 4.30. The van der Waals surface area contributed by atoms with Crippen molar-refractivity contribution >= 4 is 17.5 Å². The summed E-state index contributed by atoms with van der Waals surface area (Å²) in [5.41, 5.74) is -0.0160. The predicted molar refractivity (Wildman–Crippen MR) is 73.3 cm³/mol. The van der Waals surface area contributed by atoms with Gasteiger partial charge in [-0.2, -0.15) is 0 Å². The Bertz CT molecular complexity index is 514. The maximum atomic E-state index is 11.7. The van der Waals surface area contributed by atoms with E-state index in [1.165, 1.54) is 24.3 Å². The molecule has 2 amide bonds. The molecule has 20 heavy (non-hydrogen) atoms. The predicted octanol–water partition coefficient (Wildman–Crippen LogP) is 1.10. The summed E-state index contributed by atoms with van der Waals surface area (Å²) in [4.78, 5) is 33.2. The standard InChI is InChI=1S/C13H17N3O4/c1-9(2)7-14-12(17)8-15-13(18)10-4-3-5-11(6-10)16(19)20/h3-6,9H,7-8H2,1-2H3,(H,14,17)(H,15,18). The van der Waals surface area contributed by atoms with Crippen LogP contribution >= 0.6 is 0 Å². The van der Waals surface area contributed by atoms with Crippen molar-refractivity contribution in [3.8, 4) is 0 Å². The van der Waals surface area contributed by atoms with E-state index in [4.69, 9.17) is 0 Å². The van der Waals surface area contributed by atoms with Gasteiger partial charge >= 0.3 is 0 Å². The highest BCUT2D eigenvalue weighted by molar-refractivity contribution is 5.96. The number of hydrogen-bond donors (Lipinski definition) is 2. The second-order valence-corrected chi connectivity index (χ2v) is 4.69.